The Morgan fingerprint density at radius 2 is 1.95 bits per heavy atom. The summed E-state index contributed by atoms with van der Waals surface area (Å²) in [6, 6.07) is 17.6. The van der Waals surface area contributed by atoms with Crippen LogP contribution in [0.5, 0.6) is 5.75 Å². The SMILES string of the molecule is c1ccc(-c2ccc3c(c2)CN2CCNCC2CO3)cc1. The highest BCUT2D eigenvalue weighted by Gasteiger charge is 2.26. The summed E-state index contributed by atoms with van der Waals surface area (Å²) in [5.41, 5.74) is 3.84. The highest BCUT2D eigenvalue weighted by Crippen LogP contribution is 2.30. The second kappa shape index (κ2) is 5.51. The lowest BCUT2D eigenvalue weighted by atomic mass is 10.0. The van der Waals surface area contributed by atoms with Crippen molar-refractivity contribution in [1.82, 2.24) is 10.2 Å². The van der Waals surface area contributed by atoms with Gasteiger partial charge in [0.15, 0.2) is 0 Å². The summed E-state index contributed by atoms with van der Waals surface area (Å²) in [4.78, 5) is 2.54. The number of hydrogen-bond acceptors (Lipinski definition) is 3. The van der Waals surface area contributed by atoms with Crippen LogP contribution in [-0.4, -0.2) is 37.2 Å². The van der Waals surface area contributed by atoms with Gasteiger partial charge in [-0.3, -0.25) is 4.90 Å². The molecule has 0 saturated carbocycles. The predicted octanol–water partition coefficient (Wildman–Crippen LogP) is 2.52. The van der Waals surface area contributed by atoms with Crippen LogP contribution in [-0.2, 0) is 6.54 Å². The third kappa shape index (κ3) is 2.55. The molecule has 108 valence electrons. The molecule has 1 N–H and O–H groups in total. The molecule has 1 fully saturated rings. The Kier molecular flexibility index (Phi) is 3.37. The quantitative estimate of drug-likeness (QED) is 0.868. The zero-order valence-electron chi connectivity index (χ0n) is 12.1. The van der Waals surface area contributed by atoms with E-state index >= 15 is 0 Å². The van der Waals surface area contributed by atoms with Gasteiger partial charge in [0, 0.05) is 31.7 Å². The third-order valence-corrected chi connectivity index (χ3v) is 4.44. The van der Waals surface area contributed by atoms with Crippen LogP contribution < -0.4 is 10.1 Å². The van der Waals surface area contributed by atoms with Crippen molar-refractivity contribution in [3.8, 4) is 16.9 Å². The summed E-state index contributed by atoms with van der Waals surface area (Å²) >= 11 is 0. The smallest absolute Gasteiger partial charge is 0.123 e. The fourth-order valence-corrected chi connectivity index (χ4v) is 3.23. The highest BCUT2D eigenvalue weighted by atomic mass is 16.5. The number of piperazine rings is 1. The van der Waals surface area contributed by atoms with Crippen LogP contribution in [0.25, 0.3) is 11.1 Å². The molecule has 0 amide bonds. The van der Waals surface area contributed by atoms with Crippen molar-refractivity contribution in [2.45, 2.75) is 12.6 Å². The summed E-state index contributed by atoms with van der Waals surface area (Å²) in [6.07, 6.45) is 0. The van der Waals surface area contributed by atoms with Crippen LogP contribution in [0.4, 0.5) is 0 Å². The molecule has 2 aromatic carbocycles. The summed E-state index contributed by atoms with van der Waals surface area (Å²) in [5.74, 6) is 1.05. The molecular weight excluding hydrogens is 260 g/mol. The molecule has 0 radical (unpaired) electrons. The maximum atomic E-state index is 6.03. The summed E-state index contributed by atoms with van der Waals surface area (Å²) < 4.78 is 6.03. The van der Waals surface area contributed by atoms with E-state index in [9.17, 15) is 0 Å². The second-order valence-electron chi connectivity index (χ2n) is 5.83. The second-order valence-corrected chi connectivity index (χ2v) is 5.83. The van der Waals surface area contributed by atoms with E-state index in [-0.39, 0.29) is 0 Å². The minimum absolute atomic E-state index is 0.492. The van der Waals surface area contributed by atoms with Gasteiger partial charge in [-0.1, -0.05) is 36.4 Å². The molecule has 4 rings (SSSR count). The maximum absolute atomic E-state index is 6.03. The maximum Gasteiger partial charge on any atom is 0.123 e. The zero-order chi connectivity index (χ0) is 14.1. The van der Waals surface area contributed by atoms with Gasteiger partial charge in [0.1, 0.15) is 12.4 Å². The van der Waals surface area contributed by atoms with Gasteiger partial charge in [0.25, 0.3) is 0 Å². The lowest BCUT2D eigenvalue weighted by Crippen LogP contribution is -2.52. The zero-order valence-corrected chi connectivity index (χ0v) is 12.1. The van der Waals surface area contributed by atoms with Crippen molar-refractivity contribution >= 4 is 0 Å². The van der Waals surface area contributed by atoms with E-state index in [1.165, 1.54) is 16.7 Å². The molecule has 21 heavy (non-hydrogen) atoms. The topological polar surface area (TPSA) is 24.5 Å². The first-order valence-corrected chi connectivity index (χ1v) is 7.66. The van der Waals surface area contributed by atoms with Gasteiger partial charge in [-0.15, -0.1) is 0 Å². The van der Waals surface area contributed by atoms with Crippen molar-refractivity contribution < 1.29 is 4.74 Å². The lowest BCUT2D eigenvalue weighted by Gasteiger charge is -2.33. The fourth-order valence-electron chi connectivity index (χ4n) is 3.23. The molecule has 0 bridgehead atoms. The third-order valence-electron chi connectivity index (χ3n) is 4.44. The Balaban J connectivity index is 1.67. The van der Waals surface area contributed by atoms with Gasteiger partial charge in [0.05, 0.1) is 6.04 Å². The molecule has 3 nitrogen and oxygen atoms in total. The van der Waals surface area contributed by atoms with Gasteiger partial charge in [-0.2, -0.15) is 0 Å². The Morgan fingerprint density at radius 3 is 2.86 bits per heavy atom. The summed E-state index contributed by atoms with van der Waals surface area (Å²) in [6.45, 7) is 4.97. The van der Waals surface area contributed by atoms with Crippen molar-refractivity contribution in [1.29, 1.82) is 0 Å². The number of benzene rings is 2. The summed E-state index contributed by atoms with van der Waals surface area (Å²) in [5, 5.41) is 3.45. The number of hydrogen-bond donors (Lipinski definition) is 1. The van der Waals surface area contributed by atoms with Gasteiger partial charge < -0.3 is 10.1 Å². The molecule has 0 aromatic heterocycles. The van der Waals surface area contributed by atoms with Gasteiger partial charge in [-0.25, -0.2) is 0 Å². The van der Waals surface area contributed by atoms with Crippen LogP contribution in [0.2, 0.25) is 0 Å². The van der Waals surface area contributed by atoms with Crippen LogP contribution in [0.1, 0.15) is 5.56 Å². The fraction of sp³-hybridized carbons (Fsp3) is 0.333. The molecule has 0 aliphatic carbocycles. The number of fused-ring (bicyclic) bond motifs is 2. The average Bonchev–Trinajstić information content (AvgIpc) is 2.74. The molecule has 1 atom stereocenters. The van der Waals surface area contributed by atoms with E-state index in [4.69, 9.17) is 4.74 Å². The van der Waals surface area contributed by atoms with E-state index in [0.717, 1.165) is 38.5 Å². The van der Waals surface area contributed by atoms with E-state index in [0.29, 0.717) is 6.04 Å². The number of nitrogens with one attached hydrogen (secondary N) is 1. The Hall–Kier alpha value is -1.84. The van der Waals surface area contributed by atoms with Gasteiger partial charge >= 0.3 is 0 Å². The van der Waals surface area contributed by atoms with E-state index in [1.807, 2.05) is 0 Å². The van der Waals surface area contributed by atoms with Crippen LogP contribution >= 0.6 is 0 Å². The Morgan fingerprint density at radius 1 is 1.05 bits per heavy atom. The van der Waals surface area contributed by atoms with Crippen molar-refractivity contribution in [3.63, 3.8) is 0 Å². The molecule has 2 aliphatic heterocycles. The Labute approximate surface area is 125 Å². The molecule has 1 saturated heterocycles. The number of nitrogens with zero attached hydrogens (tertiary/aromatic N) is 1. The van der Waals surface area contributed by atoms with Crippen LogP contribution in [0.15, 0.2) is 48.5 Å². The minimum Gasteiger partial charge on any atom is -0.492 e. The van der Waals surface area contributed by atoms with E-state index in [2.05, 4.69) is 58.7 Å². The lowest BCUT2D eigenvalue weighted by molar-refractivity contribution is 0.120. The Bertz CT molecular complexity index is 626. The molecule has 2 heterocycles. The first-order valence-electron chi connectivity index (χ1n) is 7.66. The highest BCUT2D eigenvalue weighted by molar-refractivity contribution is 5.65. The molecule has 2 aliphatic rings. The molecule has 2 aromatic rings. The van der Waals surface area contributed by atoms with Crippen molar-refractivity contribution in [2.24, 2.45) is 0 Å². The van der Waals surface area contributed by atoms with Crippen LogP contribution in [0, 0.1) is 0 Å². The van der Waals surface area contributed by atoms with Crippen LogP contribution in [0.3, 0.4) is 0 Å². The van der Waals surface area contributed by atoms with E-state index < -0.39 is 0 Å². The molecule has 3 heteroatoms. The minimum atomic E-state index is 0.492. The predicted molar refractivity (Wildman–Crippen MR) is 84.4 cm³/mol. The van der Waals surface area contributed by atoms with E-state index in [1.54, 1.807) is 0 Å². The van der Waals surface area contributed by atoms with Crippen molar-refractivity contribution in [3.05, 3.63) is 54.1 Å². The molecule has 0 spiro atoms. The first kappa shape index (κ1) is 12.9. The summed E-state index contributed by atoms with van der Waals surface area (Å²) in [7, 11) is 0. The normalized spacial score (nSPS) is 21.8. The molecular formula is C18H20N2O. The average molecular weight is 280 g/mol. The van der Waals surface area contributed by atoms with Gasteiger partial charge in [-0.05, 0) is 23.3 Å². The number of rotatable bonds is 1. The van der Waals surface area contributed by atoms with Gasteiger partial charge in [0.2, 0.25) is 0 Å². The molecule has 1 unspecified atom stereocenters. The first-order chi connectivity index (χ1) is 10.4. The largest absolute Gasteiger partial charge is 0.492 e. The number of ether oxygens (including phenoxy) is 1. The van der Waals surface area contributed by atoms with Crippen molar-refractivity contribution in [2.75, 3.05) is 26.2 Å². The standard InChI is InChI=1S/C18H20N2O/c1-2-4-14(5-3-1)15-6-7-18-16(10-15)12-20-9-8-19-11-17(20)13-21-18/h1-7,10,17,19H,8-9,11-13H2. The monoisotopic (exact) mass is 280 g/mol.